The summed E-state index contributed by atoms with van der Waals surface area (Å²) in [4.78, 5) is 2.69. The average molecular weight is 226 g/mol. The van der Waals surface area contributed by atoms with Crippen LogP contribution in [-0.4, -0.2) is 30.6 Å². The summed E-state index contributed by atoms with van der Waals surface area (Å²) >= 11 is 0. The standard InChI is InChI=1S/C14H30N2/c1-4-7-16(8-5-6-15)14-10-12(2)9-13(3)11-14/h12-14H,4-11,15H2,1-3H3. The molecule has 1 rings (SSSR count). The molecule has 0 aromatic heterocycles. The van der Waals surface area contributed by atoms with E-state index in [1.54, 1.807) is 0 Å². The molecule has 0 bridgehead atoms. The van der Waals surface area contributed by atoms with E-state index in [1.165, 1.54) is 38.8 Å². The maximum Gasteiger partial charge on any atom is 0.0100 e. The van der Waals surface area contributed by atoms with Crippen LogP contribution in [-0.2, 0) is 0 Å². The third kappa shape index (κ3) is 4.42. The molecular formula is C14H30N2. The van der Waals surface area contributed by atoms with E-state index in [2.05, 4.69) is 25.7 Å². The maximum atomic E-state index is 5.63. The van der Waals surface area contributed by atoms with Gasteiger partial charge in [-0.05, 0) is 63.6 Å². The van der Waals surface area contributed by atoms with E-state index in [0.29, 0.717) is 0 Å². The van der Waals surface area contributed by atoms with Crippen molar-refractivity contribution in [2.45, 2.75) is 58.9 Å². The molecule has 2 unspecified atom stereocenters. The average Bonchev–Trinajstić information content (AvgIpc) is 2.22. The van der Waals surface area contributed by atoms with Crippen molar-refractivity contribution in [3.63, 3.8) is 0 Å². The second-order valence-corrected chi connectivity index (χ2v) is 5.75. The zero-order chi connectivity index (χ0) is 12.0. The summed E-state index contributed by atoms with van der Waals surface area (Å²) in [7, 11) is 0. The first-order valence-corrected chi connectivity index (χ1v) is 7.11. The molecule has 2 N–H and O–H groups in total. The molecule has 0 saturated heterocycles. The molecule has 0 aromatic carbocycles. The van der Waals surface area contributed by atoms with E-state index in [0.717, 1.165) is 30.8 Å². The minimum absolute atomic E-state index is 0.824. The molecule has 0 spiro atoms. The van der Waals surface area contributed by atoms with Gasteiger partial charge in [-0.2, -0.15) is 0 Å². The van der Waals surface area contributed by atoms with Gasteiger partial charge in [-0.1, -0.05) is 20.8 Å². The summed E-state index contributed by atoms with van der Waals surface area (Å²) < 4.78 is 0. The number of nitrogens with two attached hydrogens (primary N) is 1. The van der Waals surface area contributed by atoms with Crippen molar-refractivity contribution in [3.05, 3.63) is 0 Å². The molecule has 2 atom stereocenters. The van der Waals surface area contributed by atoms with E-state index >= 15 is 0 Å². The summed E-state index contributed by atoms with van der Waals surface area (Å²) in [6, 6.07) is 0.824. The van der Waals surface area contributed by atoms with Gasteiger partial charge in [0.15, 0.2) is 0 Å². The SMILES string of the molecule is CCCN(CCCN)C1CC(C)CC(C)C1. The van der Waals surface area contributed by atoms with Crippen molar-refractivity contribution >= 4 is 0 Å². The lowest BCUT2D eigenvalue weighted by Crippen LogP contribution is -2.41. The molecule has 0 radical (unpaired) electrons. The topological polar surface area (TPSA) is 29.3 Å². The first-order chi connectivity index (χ1) is 7.67. The Balaban J connectivity index is 2.47. The molecule has 0 amide bonds. The Kier molecular flexibility index (Phi) is 6.37. The molecule has 16 heavy (non-hydrogen) atoms. The Hall–Kier alpha value is -0.0800. The Bertz CT molecular complexity index is 172. The highest BCUT2D eigenvalue weighted by Crippen LogP contribution is 2.31. The van der Waals surface area contributed by atoms with Crippen LogP contribution in [0.15, 0.2) is 0 Å². The molecule has 0 aliphatic heterocycles. The van der Waals surface area contributed by atoms with Gasteiger partial charge in [-0.25, -0.2) is 0 Å². The van der Waals surface area contributed by atoms with Crippen molar-refractivity contribution in [3.8, 4) is 0 Å². The van der Waals surface area contributed by atoms with Crippen LogP contribution >= 0.6 is 0 Å². The van der Waals surface area contributed by atoms with E-state index < -0.39 is 0 Å². The molecule has 0 heterocycles. The second kappa shape index (κ2) is 7.29. The predicted octanol–water partition coefficient (Wildman–Crippen LogP) is 2.87. The van der Waals surface area contributed by atoms with Crippen LogP contribution in [0.25, 0.3) is 0 Å². The number of hydrogen-bond donors (Lipinski definition) is 1. The van der Waals surface area contributed by atoms with Gasteiger partial charge in [0.2, 0.25) is 0 Å². The van der Waals surface area contributed by atoms with Crippen molar-refractivity contribution in [1.29, 1.82) is 0 Å². The summed E-state index contributed by atoms with van der Waals surface area (Å²) in [5.41, 5.74) is 5.63. The smallest absolute Gasteiger partial charge is 0.0100 e. The van der Waals surface area contributed by atoms with Gasteiger partial charge >= 0.3 is 0 Å². The van der Waals surface area contributed by atoms with Crippen molar-refractivity contribution in [1.82, 2.24) is 4.90 Å². The Morgan fingerprint density at radius 1 is 1.06 bits per heavy atom. The van der Waals surface area contributed by atoms with Crippen molar-refractivity contribution in [2.24, 2.45) is 17.6 Å². The normalized spacial score (nSPS) is 30.9. The van der Waals surface area contributed by atoms with E-state index in [9.17, 15) is 0 Å². The number of nitrogens with zero attached hydrogens (tertiary/aromatic N) is 1. The maximum absolute atomic E-state index is 5.63. The van der Waals surface area contributed by atoms with Gasteiger partial charge in [0, 0.05) is 6.04 Å². The largest absolute Gasteiger partial charge is 0.330 e. The Morgan fingerprint density at radius 2 is 1.69 bits per heavy atom. The molecule has 1 aliphatic carbocycles. The molecular weight excluding hydrogens is 196 g/mol. The van der Waals surface area contributed by atoms with Crippen LogP contribution in [0.3, 0.4) is 0 Å². The van der Waals surface area contributed by atoms with E-state index in [-0.39, 0.29) is 0 Å². The monoisotopic (exact) mass is 226 g/mol. The van der Waals surface area contributed by atoms with Crippen LogP contribution in [0.2, 0.25) is 0 Å². The molecule has 0 aromatic rings. The first-order valence-electron chi connectivity index (χ1n) is 7.11. The zero-order valence-corrected chi connectivity index (χ0v) is 11.4. The Labute approximate surface area is 102 Å². The molecule has 1 fully saturated rings. The van der Waals surface area contributed by atoms with Gasteiger partial charge < -0.3 is 10.6 Å². The van der Waals surface area contributed by atoms with Crippen LogP contribution in [0, 0.1) is 11.8 Å². The third-order valence-corrected chi connectivity index (χ3v) is 3.83. The lowest BCUT2D eigenvalue weighted by molar-refractivity contribution is 0.109. The third-order valence-electron chi connectivity index (χ3n) is 3.83. The fourth-order valence-electron chi connectivity index (χ4n) is 3.26. The highest BCUT2D eigenvalue weighted by Gasteiger charge is 2.27. The van der Waals surface area contributed by atoms with Crippen molar-refractivity contribution < 1.29 is 0 Å². The van der Waals surface area contributed by atoms with E-state index in [1.807, 2.05) is 0 Å². The molecule has 1 aliphatic rings. The van der Waals surface area contributed by atoms with Gasteiger partial charge in [0.1, 0.15) is 0 Å². The number of hydrogen-bond acceptors (Lipinski definition) is 2. The highest BCUT2D eigenvalue weighted by atomic mass is 15.2. The van der Waals surface area contributed by atoms with E-state index in [4.69, 9.17) is 5.73 Å². The van der Waals surface area contributed by atoms with Crippen molar-refractivity contribution in [2.75, 3.05) is 19.6 Å². The van der Waals surface area contributed by atoms with Crippen LogP contribution in [0.4, 0.5) is 0 Å². The second-order valence-electron chi connectivity index (χ2n) is 5.75. The summed E-state index contributed by atoms with van der Waals surface area (Å²) in [6.45, 7) is 10.4. The number of rotatable bonds is 6. The quantitative estimate of drug-likeness (QED) is 0.754. The van der Waals surface area contributed by atoms with Gasteiger partial charge in [0.25, 0.3) is 0 Å². The summed E-state index contributed by atoms with van der Waals surface area (Å²) in [6.07, 6.45) is 6.64. The summed E-state index contributed by atoms with van der Waals surface area (Å²) in [5.74, 6) is 1.82. The highest BCUT2D eigenvalue weighted by molar-refractivity contribution is 4.81. The molecule has 2 nitrogen and oxygen atoms in total. The lowest BCUT2D eigenvalue weighted by Gasteiger charge is -2.39. The molecule has 96 valence electrons. The lowest BCUT2D eigenvalue weighted by atomic mass is 9.79. The fraction of sp³-hybridized carbons (Fsp3) is 1.00. The molecule has 1 saturated carbocycles. The predicted molar refractivity (Wildman–Crippen MR) is 71.5 cm³/mol. The minimum atomic E-state index is 0.824. The van der Waals surface area contributed by atoms with Gasteiger partial charge in [-0.3, -0.25) is 0 Å². The van der Waals surface area contributed by atoms with Crippen LogP contribution in [0.1, 0.15) is 52.9 Å². The van der Waals surface area contributed by atoms with Gasteiger partial charge in [0.05, 0.1) is 0 Å². The fourth-order valence-corrected chi connectivity index (χ4v) is 3.26. The first kappa shape index (κ1) is 14.0. The van der Waals surface area contributed by atoms with Crippen LogP contribution < -0.4 is 5.73 Å². The van der Waals surface area contributed by atoms with Crippen LogP contribution in [0.5, 0.6) is 0 Å². The minimum Gasteiger partial charge on any atom is -0.330 e. The summed E-state index contributed by atoms with van der Waals surface area (Å²) in [5, 5.41) is 0. The zero-order valence-electron chi connectivity index (χ0n) is 11.4. The van der Waals surface area contributed by atoms with Gasteiger partial charge in [-0.15, -0.1) is 0 Å². The molecule has 2 heteroatoms. The Morgan fingerprint density at radius 3 is 2.19 bits per heavy atom.